The van der Waals surface area contributed by atoms with E-state index >= 15 is 0 Å². The number of nitrogens with zero attached hydrogens (tertiary/aromatic N) is 10. The molecule has 0 unspecified atom stereocenters. The van der Waals surface area contributed by atoms with Gasteiger partial charge in [0.2, 0.25) is 11.8 Å². The topological polar surface area (TPSA) is 333 Å². The molecule has 88 heavy (non-hydrogen) atoms. The third kappa shape index (κ3) is 14.9. The number of methoxy groups -OCH3 is 2. The number of anilines is 3. The lowest BCUT2D eigenvalue weighted by Crippen LogP contribution is -2.33. The number of imidazole rings is 1. The quantitative estimate of drug-likeness (QED) is 0.0167. The first-order valence-corrected chi connectivity index (χ1v) is 31.5. The normalized spacial score (nSPS) is 16.1. The zero-order valence-corrected chi connectivity index (χ0v) is 54.0. The third-order valence-electron chi connectivity index (χ3n) is 15.7. The highest BCUT2D eigenvalue weighted by Crippen LogP contribution is 2.36. The van der Waals surface area contributed by atoms with Crippen molar-refractivity contribution in [3.05, 3.63) is 117 Å². The number of hydrogen-bond donors (Lipinski definition) is 4. The summed E-state index contributed by atoms with van der Waals surface area (Å²) in [6, 6.07) is 12.4. The minimum absolute atomic E-state index is 0.0667. The maximum atomic E-state index is 12.9. The van der Waals surface area contributed by atoms with E-state index in [1.54, 1.807) is 37.7 Å². The number of benzene rings is 3. The molecule has 0 atom stereocenters. The summed E-state index contributed by atoms with van der Waals surface area (Å²) in [4.78, 5) is 123. The standard InChI is InChI=1S/C22H22IN5O3.C15H18N4O4.C15H20N4O2.C7H6INO2.C2H6/c1-31-20-18(15(23)5-6-24-20)19-25-16-11-13-14(12-17(16)26-19)22(30)28(21(13)29)10-4-9-27-7-2-3-8-27;16-12-8-10-11(9-13(12)19(22)23)15(21)18(14(10)20)7-3-6-17-4-1-2-5-17;16-12-8-10-11(9-13(12)17)15(21)19(14(10)20)7-3-6-18-4-1-2-5-18;1-11-7-5(4-10)6(8)2-3-9-7;1-2/h5-6,11-12H,2-4,7-10H2,1H3,(H,25,26);8-9H,1-7,16H2;8-9H,1-7,16-17H2;2-4H,1H3;1-2H3. The van der Waals surface area contributed by atoms with Gasteiger partial charge in [0.1, 0.15) is 11.5 Å². The molecule has 7 N–H and O–H groups in total. The first-order valence-electron chi connectivity index (χ1n) is 29.3. The first-order chi connectivity index (χ1) is 42.4. The number of carbonyl (C=O) groups is 7. The van der Waals surface area contributed by atoms with E-state index in [-0.39, 0.29) is 46.1 Å². The van der Waals surface area contributed by atoms with Crippen molar-refractivity contribution in [3.8, 4) is 23.1 Å². The number of halogens is 2. The molecule has 3 aromatic carbocycles. The Kier molecular flexibility index (Phi) is 22.9. The van der Waals surface area contributed by atoms with Gasteiger partial charge in [-0.25, -0.2) is 15.0 Å². The number of nitro benzene ring substituents is 1. The number of imide groups is 3. The van der Waals surface area contributed by atoms with E-state index in [1.807, 2.05) is 19.9 Å². The molecule has 6 amide bonds. The largest absolute Gasteiger partial charge is 0.480 e. The number of amides is 6. The molecule has 3 saturated heterocycles. The fourth-order valence-corrected chi connectivity index (χ4v) is 12.4. The summed E-state index contributed by atoms with van der Waals surface area (Å²) in [6.07, 6.45) is 13.7. The predicted molar refractivity (Wildman–Crippen MR) is 349 cm³/mol. The molecule has 3 aromatic heterocycles. The molecule has 0 aliphatic carbocycles. The van der Waals surface area contributed by atoms with Crippen LogP contribution >= 0.6 is 45.2 Å². The number of ether oxygens (including phenoxy) is 2. The van der Waals surface area contributed by atoms with E-state index in [1.165, 1.54) is 73.6 Å². The molecular formula is C61H72I2N14O11. The second-order valence-corrected chi connectivity index (χ2v) is 23.6. The van der Waals surface area contributed by atoms with Crippen LogP contribution in [-0.2, 0) is 0 Å². The van der Waals surface area contributed by atoms with Crippen LogP contribution in [-0.4, -0.2) is 189 Å². The first kappa shape index (κ1) is 66.2. The van der Waals surface area contributed by atoms with Crippen LogP contribution in [0.3, 0.4) is 0 Å². The summed E-state index contributed by atoms with van der Waals surface area (Å²) in [5.41, 5.74) is 21.7. The Balaban J connectivity index is 0.000000158. The summed E-state index contributed by atoms with van der Waals surface area (Å²) in [5, 5.41) is 10.9. The van der Waals surface area contributed by atoms with Crippen LogP contribution in [0.5, 0.6) is 11.8 Å². The highest BCUT2D eigenvalue weighted by molar-refractivity contribution is 14.1. The number of likely N-dealkylation sites (tertiary alicyclic amines) is 3. The number of nitrogens with two attached hydrogens (primary N) is 3. The van der Waals surface area contributed by atoms with Gasteiger partial charge in [0.05, 0.1) is 86.1 Å². The van der Waals surface area contributed by atoms with Gasteiger partial charge in [0.15, 0.2) is 6.29 Å². The smallest absolute Gasteiger partial charge is 0.292 e. The van der Waals surface area contributed by atoms with E-state index in [4.69, 9.17) is 26.7 Å². The van der Waals surface area contributed by atoms with Crippen LogP contribution in [0.15, 0.2) is 60.9 Å². The van der Waals surface area contributed by atoms with E-state index < -0.39 is 16.7 Å². The molecule has 3 fully saturated rings. The Morgan fingerprint density at radius 1 is 0.557 bits per heavy atom. The molecule has 12 rings (SSSR count). The van der Waals surface area contributed by atoms with Gasteiger partial charge in [-0.1, -0.05) is 13.8 Å². The molecular weight excluding hydrogens is 1360 g/mol. The van der Waals surface area contributed by atoms with Gasteiger partial charge in [0, 0.05) is 45.2 Å². The summed E-state index contributed by atoms with van der Waals surface area (Å²) in [7, 11) is 3.06. The van der Waals surface area contributed by atoms with Crippen molar-refractivity contribution in [2.24, 2.45) is 0 Å². The highest BCUT2D eigenvalue weighted by Gasteiger charge is 2.39. The molecule has 6 aromatic rings. The lowest BCUT2D eigenvalue weighted by Gasteiger charge is -2.17. The van der Waals surface area contributed by atoms with Gasteiger partial charge < -0.3 is 46.4 Å². The lowest BCUT2D eigenvalue weighted by molar-refractivity contribution is -0.383. The number of pyridine rings is 2. The maximum Gasteiger partial charge on any atom is 0.292 e. The van der Waals surface area contributed by atoms with Gasteiger partial charge in [-0.3, -0.25) is 58.4 Å². The average molecular weight is 1430 g/mol. The molecule has 25 nitrogen and oxygen atoms in total. The van der Waals surface area contributed by atoms with Crippen LogP contribution < -0.4 is 26.7 Å². The molecule has 0 radical (unpaired) electrons. The Labute approximate surface area is 536 Å². The lowest BCUT2D eigenvalue weighted by atomic mass is 10.1. The summed E-state index contributed by atoms with van der Waals surface area (Å²) in [5.74, 6) is -0.444. The molecule has 6 aliphatic rings. The van der Waals surface area contributed by atoms with Crippen LogP contribution in [0.4, 0.5) is 22.7 Å². The number of aromatic amines is 1. The van der Waals surface area contributed by atoms with Crippen molar-refractivity contribution >= 4 is 121 Å². The number of aldehydes is 1. The van der Waals surface area contributed by atoms with E-state index in [0.29, 0.717) is 93.9 Å². The Morgan fingerprint density at radius 3 is 1.33 bits per heavy atom. The van der Waals surface area contributed by atoms with Gasteiger partial charge in [0.25, 0.3) is 41.1 Å². The minimum Gasteiger partial charge on any atom is -0.480 e. The van der Waals surface area contributed by atoms with Crippen molar-refractivity contribution in [2.75, 3.05) is 110 Å². The SMILES string of the molecule is CC.COc1nccc(I)c1-c1nc2cc3c(cc2[nH]1)C(=O)N(CCCN1CCCC1)C3=O.COc1nccc(I)c1C=O.Nc1cc2c(cc1N)C(=O)N(CCCN1CCCC1)C2=O.Nc1cc2c(cc1[N+](=O)[O-])C(=O)N(CCCN1CCCC1)C2=O. The van der Waals surface area contributed by atoms with Crippen LogP contribution in [0, 0.1) is 17.3 Å². The second kappa shape index (κ2) is 30.5. The summed E-state index contributed by atoms with van der Waals surface area (Å²) in [6.45, 7) is 14.5. The number of fused-ring (bicyclic) bond motifs is 4. The monoisotopic (exact) mass is 1430 g/mol. The van der Waals surface area contributed by atoms with E-state index in [2.05, 4.69) is 79.8 Å². The van der Waals surface area contributed by atoms with Gasteiger partial charge in [-0.15, -0.1) is 0 Å². The van der Waals surface area contributed by atoms with Gasteiger partial charge in [-0.05, 0) is 204 Å². The summed E-state index contributed by atoms with van der Waals surface area (Å²) >= 11 is 4.26. The van der Waals surface area contributed by atoms with E-state index in [9.17, 15) is 43.7 Å². The summed E-state index contributed by atoms with van der Waals surface area (Å²) < 4.78 is 12.0. The predicted octanol–water partition coefficient (Wildman–Crippen LogP) is 8.05. The zero-order chi connectivity index (χ0) is 63.3. The van der Waals surface area contributed by atoms with E-state index in [0.717, 1.165) is 102 Å². The van der Waals surface area contributed by atoms with Crippen LogP contribution in [0.25, 0.3) is 22.4 Å². The Hall–Kier alpha value is -7.74. The molecule has 0 bridgehead atoms. The second-order valence-electron chi connectivity index (χ2n) is 21.2. The molecule has 27 heteroatoms. The zero-order valence-electron chi connectivity index (χ0n) is 49.7. The fourth-order valence-electron chi connectivity index (χ4n) is 11.3. The van der Waals surface area contributed by atoms with Crippen molar-refractivity contribution in [1.82, 2.24) is 49.3 Å². The van der Waals surface area contributed by atoms with Crippen LogP contribution in [0.2, 0.25) is 0 Å². The number of nitro groups is 1. The number of H-pyrrole nitrogens is 1. The number of carbonyl (C=O) groups excluding carboxylic acids is 7. The van der Waals surface area contributed by atoms with Crippen molar-refractivity contribution in [1.29, 1.82) is 0 Å². The number of nitrogens with one attached hydrogen (secondary N) is 1. The molecule has 0 saturated carbocycles. The molecule has 6 aliphatic heterocycles. The van der Waals surface area contributed by atoms with Gasteiger partial charge in [-0.2, -0.15) is 0 Å². The third-order valence-corrected chi connectivity index (χ3v) is 17.6. The maximum absolute atomic E-state index is 12.9. The van der Waals surface area contributed by atoms with Crippen molar-refractivity contribution in [2.45, 2.75) is 71.6 Å². The van der Waals surface area contributed by atoms with Crippen molar-refractivity contribution in [3.63, 3.8) is 0 Å². The molecule has 466 valence electrons. The molecule has 9 heterocycles. The number of aromatic nitrogens is 4. The number of nitrogen functional groups attached to an aromatic ring is 3. The van der Waals surface area contributed by atoms with Crippen LogP contribution in [0.1, 0.15) is 144 Å². The van der Waals surface area contributed by atoms with Gasteiger partial charge >= 0.3 is 0 Å². The molecule has 0 spiro atoms. The number of rotatable bonds is 17. The minimum atomic E-state index is -0.649. The Morgan fingerprint density at radius 2 is 0.932 bits per heavy atom. The fraction of sp³-hybridized carbons (Fsp3) is 0.410. The number of hydrogen-bond acceptors (Lipinski definition) is 20. The van der Waals surface area contributed by atoms with Crippen molar-refractivity contribution < 1.29 is 48.0 Å². The highest BCUT2D eigenvalue weighted by atomic mass is 127. The average Bonchev–Trinajstić information content (AvgIpc) is 2.24. The Bertz CT molecular complexity index is 3530.